The van der Waals surface area contributed by atoms with Crippen LogP contribution in [0.1, 0.15) is 42.7 Å². The van der Waals surface area contributed by atoms with E-state index in [0.717, 1.165) is 18.9 Å². The molecule has 6 rings (SSSR count). The SMILES string of the molecule is Cn1ncc(-c2ccc(-c3ccc(C(C(=O)O)C4CC4)c(C(F)(F)F)c3)cn2)c1Nc1cncc(OC2CC2)n1. The minimum Gasteiger partial charge on any atom is -0.481 e. The number of pyridine rings is 1. The van der Waals surface area contributed by atoms with Crippen molar-refractivity contribution in [2.45, 2.75) is 43.9 Å². The van der Waals surface area contributed by atoms with Gasteiger partial charge in [-0.3, -0.25) is 19.4 Å². The van der Waals surface area contributed by atoms with Crippen molar-refractivity contribution in [3.63, 3.8) is 0 Å². The van der Waals surface area contributed by atoms with Gasteiger partial charge in [-0.1, -0.05) is 18.2 Å². The average molecular weight is 551 g/mol. The number of hydrogen-bond donors (Lipinski definition) is 2. The number of rotatable bonds is 9. The highest BCUT2D eigenvalue weighted by atomic mass is 19.4. The van der Waals surface area contributed by atoms with Crippen molar-refractivity contribution in [2.75, 3.05) is 5.32 Å². The first-order valence-corrected chi connectivity index (χ1v) is 12.9. The minimum absolute atomic E-state index is 0.180. The van der Waals surface area contributed by atoms with Crippen LogP contribution in [0.2, 0.25) is 0 Å². The van der Waals surface area contributed by atoms with Crippen molar-refractivity contribution in [1.29, 1.82) is 0 Å². The molecule has 0 amide bonds. The van der Waals surface area contributed by atoms with Gasteiger partial charge in [0.1, 0.15) is 11.9 Å². The molecule has 2 N–H and O–H groups in total. The number of hydrogen-bond acceptors (Lipinski definition) is 7. The molecule has 3 heterocycles. The molecule has 0 saturated heterocycles. The van der Waals surface area contributed by atoms with Gasteiger partial charge in [-0.05, 0) is 54.9 Å². The molecule has 2 fully saturated rings. The lowest BCUT2D eigenvalue weighted by Crippen LogP contribution is -2.19. The van der Waals surface area contributed by atoms with Crippen LogP contribution in [0.4, 0.5) is 24.8 Å². The zero-order valence-electron chi connectivity index (χ0n) is 21.4. The zero-order valence-corrected chi connectivity index (χ0v) is 21.4. The van der Waals surface area contributed by atoms with Crippen molar-refractivity contribution in [2.24, 2.45) is 13.0 Å². The van der Waals surface area contributed by atoms with Crippen LogP contribution in [0.5, 0.6) is 5.88 Å². The highest BCUT2D eigenvalue weighted by Gasteiger charge is 2.43. The van der Waals surface area contributed by atoms with E-state index in [2.05, 4.69) is 25.4 Å². The first-order chi connectivity index (χ1) is 19.2. The van der Waals surface area contributed by atoms with E-state index < -0.39 is 23.6 Å². The molecule has 2 aliphatic rings. The van der Waals surface area contributed by atoms with Gasteiger partial charge in [-0.2, -0.15) is 23.3 Å². The summed E-state index contributed by atoms with van der Waals surface area (Å²) < 4.78 is 49.4. The quantitative estimate of drug-likeness (QED) is 0.268. The Hall–Kier alpha value is -4.48. The minimum atomic E-state index is -4.69. The molecule has 2 aliphatic carbocycles. The Morgan fingerprint density at radius 2 is 1.85 bits per heavy atom. The molecule has 0 aliphatic heterocycles. The van der Waals surface area contributed by atoms with Crippen LogP contribution in [0, 0.1) is 5.92 Å². The highest BCUT2D eigenvalue weighted by molar-refractivity contribution is 5.79. The van der Waals surface area contributed by atoms with Gasteiger partial charge in [0.05, 0.1) is 41.3 Å². The lowest BCUT2D eigenvalue weighted by atomic mass is 9.88. The Bertz CT molecular complexity index is 1560. The van der Waals surface area contributed by atoms with Crippen molar-refractivity contribution in [3.05, 3.63) is 66.2 Å². The second-order valence-electron chi connectivity index (χ2n) is 10.1. The molecule has 9 nitrogen and oxygen atoms in total. The Morgan fingerprint density at radius 1 is 1.07 bits per heavy atom. The number of alkyl halides is 3. The van der Waals surface area contributed by atoms with E-state index in [1.165, 1.54) is 18.3 Å². The van der Waals surface area contributed by atoms with E-state index in [-0.39, 0.29) is 17.6 Å². The Morgan fingerprint density at radius 3 is 2.50 bits per heavy atom. The summed E-state index contributed by atoms with van der Waals surface area (Å²) in [5, 5.41) is 17.1. The number of halogens is 3. The molecule has 0 bridgehead atoms. The first kappa shape index (κ1) is 25.8. The molecular formula is C28H25F3N6O3. The standard InChI is InChI=1S/C28H25F3N6O3/c1-37-26(36-23-13-32-14-24(35-23)40-18-6-7-18)20(12-34-37)22-9-5-17(11-33-22)16-4-8-19(21(10-16)28(29,30)31)25(27(38)39)15-2-3-15/h4-5,8-15,18,25H,2-3,6-7H2,1H3,(H,35,36)(H,38,39). The number of aliphatic carboxylic acids is 1. The fraction of sp³-hybridized carbons (Fsp3) is 0.321. The lowest BCUT2D eigenvalue weighted by Gasteiger charge is -2.19. The Kier molecular flexibility index (Phi) is 6.40. The summed E-state index contributed by atoms with van der Waals surface area (Å²) in [5.74, 6) is -1.19. The molecule has 1 atom stereocenters. The lowest BCUT2D eigenvalue weighted by molar-refractivity contribution is -0.142. The predicted octanol–water partition coefficient (Wildman–Crippen LogP) is 5.82. The third-order valence-corrected chi connectivity index (χ3v) is 7.04. The molecule has 206 valence electrons. The number of aromatic nitrogens is 5. The van der Waals surface area contributed by atoms with E-state index in [1.54, 1.807) is 42.5 Å². The molecule has 0 spiro atoms. The number of ether oxygens (including phenoxy) is 1. The number of carboxylic acids is 1. The molecule has 4 aromatic rings. The van der Waals surface area contributed by atoms with E-state index in [9.17, 15) is 23.1 Å². The van der Waals surface area contributed by atoms with Crippen LogP contribution in [-0.4, -0.2) is 41.9 Å². The van der Waals surface area contributed by atoms with Gasteiger partial charge < -0.3 is 15.2 Å². The number of carboxylic acid groups (broad SMARTS) is 1. The van der Waals surface area contributed by atoms with Gasteiger partial charge in [0, 0.05) is 18.8 Å². The van der Waals surface area contributed by atoms with Gasteiger partial charge >= 0.3 is 12.1 Å². The van der Waals surface area contributed by atoms with Crippen molar-refractivity contribution < 1.29 is 27.8 Å². The van der Waals surface area contributed by atoms with Gasteiger partial charge in [0.25, 0.3) is 0 Å². The largest absolute Gasteiger partial charge is 0.481 e. The molecule has 0 radical (unpaired) electrons. The number of nitrogens with one attached hydrogen (secondary N) is 1. The van der Waals surface area contributed by atoms with Crippen LogP contribution < -0.4 is 10.1 Å². The topological polar surface area (TPSA) is 115 Å². The maximum atomic E-state index is 14.0. The summed E-state index contributed by atoms with van der Waals surface area (Å²) in [7, 11) is 1.75. The molecular weight excluding hydrogens is 525 g/mol. The van der Waals surface area contributed by atoms with Crippen LogP contribution in [0.15, 0.2) is 55.1 Å². The summed E-state index contributed by atoms with van der Waals surface area (Å²) in [6.45, 7) is 0. The van der Waals surface area contributed by atoms with Gasteiger partial charge in [0.15, 0.2) is 5.82 Å². The molecule has 1 unspecified atom stereocenters. The summed E-state index contributed by atoms with van der Waals surface area (Å²) in [6, 6.07) is 7.19. The third-order valence-electron chi connectivity index (χ3n) is 7.04. The second kappa shape index (κ2) is 9.92. The van der Waals surface area contributed by atoms with Crippen LogP contribution in [-0.2, 0) is 18.0 Å². The second-order valence-corrected chi connectivity index (χ2v) is 10.1. The Balaban J connectivity index is 1.27. The summed E-state index contributed by atoms with van der Waals surface area (Å²) >= 11 is 0. The number of benzene rings is 1. The monoisotopic (exact) mass is 550 g/mol. The molecule has 3 aromatic heterocycles. The van der Waals surface area contributed by atoms with Gasteiger partial charge in [-0.15, -0.1) is 0 Å². The molecule has 40 heavy (non-hydrogen) atoms. The Labute approximate surface area is 227 Å². The van der Waals surface area contributed by atoms with Crippen molar-refractivity contribution in [3.8, 4) is 28.3 Å². The fourth-order valence-electron chi connectivity index (χ4n) is 4.71. The highest BCUT2D eigenvalue weighted by Crippen LogP contribution is 2.47. The number of carbonyl (C=O) groups is 1. The van der Waals surface area contributed by atoms with Gasteiger partial charge in [-0.25, -0.2) is 0 Å². The summed E-state index contributed by atoms with van der Waals surface area (Å²) in [4.78, 5) is 24.9. The molecule has 2 saturated carbocycles. The third kappa shape index (κ3) is 5.33. The smallest absolute Gasteiger partial charge is 0.416 e. The average Bonchev–Trinajstić information content (AvgIpc) is 3.86. The van der Waals surface area contributed by atoms with E-state index >= 15 is 0 Å². The number of nitrogens with zero attached hydrogens (tertiary/aromatic N) is 5. The molecule has 1 aromatic carbocycles. The molecule has 12 heteroatoms. The maximum absolute atomic E-state index is 14.0. The normalized spacial score (nSPS) is 16.0. The number of aryl methyl sites for hydroxylation is 1. The van der Waals surface area contributed by atoms with Crippen LogP contribution in [0.3, 0.4) is 0 Å². The van der Waals surface area contributed by atoms with E-state index in [4.69, 9.17) is 4.74 Å². The zero-order chi connectivity index (χ0) is 28.0. The van der Waals surface area contributed by atoms with Gasteiger partial charge in [0.2, 0.25) is 5.88 Å². The summed E-state index contributed by atoms with van der Waals surface area (Å²) in [6.07, 6.45) is 4.93. The van der Waals surface area contributed by atoms with Crippen LogP contribution in [0.25, 0.3) is 22.4 Å². The fourth-order valence-corrected chi connectivity index (χ4v) is 4.71. The summed E-state index contributed by atoms with van der Waals surface area (Å²) in [5.41, 5.74) is 0.836. The number of anilines is 2. The van der Waals surface area contributed by atoms with Crippen molar-refractivity contribution >= 4 is 17.6 Å². The predicted molar refractivity (Wildman–Crippen MR) is 139 cm³/mol. The van der Waals surface area contributed by atoms with Crippen molar-refractivity contribution in [1.82, 2.24) is 24.7 Å². The first-order valence-electron chi connectivity index (χ1n) is 12.9. The maximum Gasteiger partial charge on any atom is 0.416 e. The van der Waals surface area contributed by atoms with E-state index in [1.807, 2.05) is 0 Å². The van der Waals surface area contributed by atoms with Crippen LogP contribution >= 0.6 is 0 Å². The van der Waals surface area contributed by atoms with E-state index in [0.29, 0.717) is 52.7 Å².